The molecular formula is C23H26N4O4. The highest BCUT2D eigenvalue weighted by molar-refractivity contribution is 5.83. The van der Waals surface area contributed by atoms with Gasteiger partial charge in [-0.25, -0.2) is 0 Å². The van der Waals surface area contributed by atoms with Gasteiger partial charge in [-0.2, -0.15) is 4.98 Å². The van der Waals surface area contributed by atoms with Gasteiger partial charge in [0.15, 0.2) is 0 Å². The average molecular weight is 422 g/mol. The van der Waals surface area contributed by atoms with Crippen LogP contribution >= 0.6 is 0 Å². The Kier molecular flexibility index (Phi) is 5.77. The van der Waals surface area contributed by atoms with Crippen molar-refractivity contribution < 1.29 is 19.2 Å². The number of rotatable bonds is 8. The summed E-state index contributed by atoms with van der Waals surface area (Å²) in [6.45, 7) is 5.28. The molecule has 0 saturated heterocycles. The van der Waals surface area contributed by atoms with E-state index in [9.17, 15) is 10.2 Å². The minimum atomic E-state index is -1.34. The molecule has 0 atom stereocenters. The van der Waals surface area contributed by atoms with E-state index < -0.39 is 18.8 Å². The second kappa shape index (κ2) is 8.50. The third kappa shape index (κ3) is 3.93. The van der Waals surface area contributed by atoms with Crippen molar-refractivity contribution in [2.45, 2.75) is 19.4 Å². The fourth-order valence-electron chi connectivity index (χ4n) is 3.50. The van der Waals surface area contributed by atoms with Crippen LogP contribution in [-0.2, 0) is 5.54 Å². The summed E-state index contributed by atoms with van der Waals surface area (Å²) in [7, 11) is 0. The van der Waals surface area contributed by atoms with E-state index in [1.54, 1.807) is 12.1 Å². The lowest BCUT2D eigenvalue weighted by Gasteiger charge is -2.21. The first-order valence-corrected chi connectivity index (χ1v) is 10.3. The minimum Gasteiger partial charge on any atom is -0.459 e. The van der Waals surface area contributed by atoms with Crippen LogP contribution in [0.4, 0.5) is 5.69 Å². The largest absolute Gasteiger partial charge is 0.459 e. The topological polar surface area (TPSA) is 122 Å². The van der Waals surface area contributed by atoms with E-state index in [2.05, 4.69) is 28.9 Å². The molecule has 4 rings (SSSR count). The summed E-state index contributed by atoms with van der Waals surface area (Å²) in [6.07, 6.45) is 0. The molecule has 2 heterocycles. The maximum atomic E-state index is 9.50. The predicted molar refractivity (Wildman–Crippen MR) is 119 cm³/mol. The van der Waals surface area contributed by atoms with Gasteiger partial charge in [0.05, 0.1) is 13.2 Å². The molecule has 2 aromatic heterocycles. The van der Waals surface area contributed by atoms with E-state index in [0.717, 1.165) is 35.3 Å². The molecule has 4 N–H and O–H groups in total. The van der Waals surface area contributed by atoms with Gasteiger partial charge in [0, 0.05) is 35.3 Å². The Balaban J connectivity index is 1.61. The number of fused-ring (bicyclic) bond motifs is 1. The highest BCUT2D eigenvalue weighted by Gasteiger charge is 2.30. The van der Waals surface area contributed by atoms with Crippen LogP contribution in [0.25, 0.3) is 33.8 Å². The fourth-order valence-corrected chi connectivity index (χ4v) is 3.50. The average Bonchev–Trinajstić information content (AvgIpc) is 3.47. The van der Waals surface area contributed by atoms with Crippen molar-refractivity contribution in [3.63, 3.8) is 0 Å². The lowest BCUT2D eigenvalue weighted by atomic mass is 10.00. The molecule has 8 nitrogen and oxygen atoms in total. The molecule has 0 aliphatic rings. The predicted octanol–water partition coefficient (Wildman–Crippen LogP) is 3.13. The number of benzene rings is 2. The molecule has 162 valence electrons. The number of aliphatic hydroxyl groups is 2. The Hall–Kier alpha value is -3.20. The molecule has 0 amide bonds. The summed E-state index contributed by atoms with van der Waals surface area (Å²) in [5, 5.41) is 23.9. The van der Waals surface area contributed by atoms with Crippen molar-refractivity contribution in [2.75, 3.05) is 31.2 Å². The molecule has 2 aromatic carbocycles. The van der Waals surface area contributed by atoms with Gasteiger partial charge in [-0.15, -0.1) is 0 Å². The number of hydrogen-bond donors (Lipinski definition) is 3. The molecule has 31 heavy (non-hydrogen) atoms. The van der Waals surface area contributed by atoms with Crippen LogP contribution < -0.4 is 10.6 Å². The summed E-state index contributed by atoms with van der Waals surface area (Å²) in [4.78, 5) is 6.80. The second-order valence-corrected chi connectivity index (χ2v) is 7.48. The number of anilines is 1. The van der Waals surface area contributed by atoms with Gasteiger partial charge in [0.1, 0.15) is 16.9 Å². The molecule has 0 saturated carbocycles. The molecule has 0 unspecified atom stereocenters. The SMILES string of the molecule is CCN(CC)c1ccc(-c2nc(-c3ccc4oc(C(N)(CO)CO)cc4c3)no2)cc1. The summed E-state index contributed by atoms with van der Waals surface area (Å²) in [5.41, 5.74) is 8.01. The Morgan fingerprint density at radius 3 is 2.29 bits per heavy atom. The van der Waals surface area contributed by atoms with E-state index in [-0.39, 0.29) is 0 Å². The van der Waals surface area contributed by atoms with Crippen molar-refractivity contribution in [1.82, 2.24) is 10.1 Å². The van der Waals surface area contributed by atoms with Crippen molar-refractivity contribution in [3.05, 3.63) is 54.3 Å². The van der Waals surface area contributed by atoms with Gasteiger partial charge >= 0.3 is 0 Å². The van der Waals surface area contributed by atoms with Gasteiger partial charge in [0.2, 0.25) is 5.82 Å². The highest BCUT2D eigenvalue weighted by atomic mass is 16.5. The van der Waals surface area contributed by atoms with Gasteiger partial charge in [-0.1, -0.05) is 5.16 Å². The van der Waals surface area contributed by atoms with E-state index >= 15 is 0 Å². The van der Waals surface area contributed by atoms with Crippen molar-refractivity contribution in [2.24, 2.45) is 5.73 Å². The van der Waals surface area contributed by atoms with E-state index in [1.807, 2.05) is 36.4 Å². The molecule has 0 spiro atoms. The van der Waals surface area contributed by atoms with Crippen LogP contribution in [0.1, 0.15) is 19.6 Å². The monoisotopic (exact) mass is 422 g/mol. The maximum absolute atomic E-state index is 9.50. The third-order valence-corrected chi connectivity index (χ3v) is 5.50. The Bertz CT molecular complexity index is 1160. The van der Waals surface area contributed by atoms with E-state index in [0.29, 0.717) is 23.1 Å². The standard InChI is InChI=1S/C23H26N4O4/c1-3-27(4-2)18-8-5-15(6-9-18)22-25-21(26-31-22)16-7-10-19-17(11-16)12-20(30-19)23(24,13-28)14-29/h5-12,28-29H,3-4,13-14,24H2,1-2H3. The van der Waals surface area contributed by atoms with Crippen LogP contribution in [0.15, 0.2) is 57.5 Å². The molecular weight excluding hydrogens is 396 g/mol. The first-order chi connectivity index (χ1) is 15.0. The zero-order valence-electron chi connectivity index (χ0n) is 17.6. The normalized spacial score (nSPS) is 11.9. The van der Waals surface area contributed by atoms with Crippen LogP contribution in [-0.4, -0.2) is 46.7 Å². The minimum absolute atomic E-state index is 0.312. The van der Waals surface area contributed by atoms with Crippen molar-refractivity contribution >= 4 is 16.7 Å². The molecule has 0 bridgehead atoms. The van der Waals surface area contributed by atoms with Gasteiger partial charge in [-0.3, -0.25) is 0 Å². The van der Waals surface area contributed by atoms with Gasteiger partial charge in [-0.05, 0) is 62.4 Å². The van der Waals surface area contributed by atoms with Crippen LogP contribution in [0.5, 0.6) is 0 Å². The number of nitrogens with two attached hydrogens (primary N) is 1. The Morgan fingerprint density at radius 1 is 0.968 bits per heavy atom. The number of aromatic nitrogens is 2. The van der Waals surface area contributed by atoms with E-state index in [4.69, 9.17) is 14.7 Å². The summed E-state index contributed by atoms with van der Waals surface area (Å²) in [5.74, 6) is 1.21. The maximum Gasteiger partial charge on any atom is 0.258 e. The highest BCUT2D eigenvalue weighted by Crippen LogP contribution is 2.30. The van der Waals surface area contributed by atoms with Gasteiger partial charge in [0.25, 0.3) is 5.89 Å². The smallest absolute Gasteiger partial charge is 0.258 e. The molecule has 4 aromatic rings. The number of aliphatic hydroxyl groups excluding tert-OH is 2. The summed E-state index contributed by atoms with van der Waals surface area (Å²) < 4.78 is 11.2. The lowest BCUT2D eigenvalue weighted by molar-refractivity contribution is 0.105. The summed E-state index contributed by atoms with van der Waals surface area (Å²) >= 11 is 0. The first kappa shape index (κ1) is 21.0. The zero-order chi connectivity index (χ0) is 22.0. The van der Waals surface area contributed by atoms with Crippen LogP contribution in [0, 0.1) is 0 Å². The Labute approximate surface area is 179 Å². The molecule has 0 radical (unpaired) electrons. The fraction of sp³-hybridized carbons (Fsp3) is 0.304. The van der Waals surface area contributed by atoms with Crippen LogP contribution in [0.3, 0.4) is 0 Å². The van der Waals surface area contributed by atoms with Crippen LogP contribution in [0.2, 0.25) is 0 Å². The molecule has 8 heteroatoms. The van der Waals surface area contributed by atoms with E-state index in [1.165, 1.54) is 0 Å². The molecule has 0 fully saturated rings. The number of hydrogen-bond acceptors (Lipinski definition) is 8. The lowest BCUT2D eigenvalue weighted by Crippen LogP contribution is -2.43. The number of nitrogens with zero attached hydrogens (tertiary/aromatic N) is 3. The second-order valence-electron chi connectivity index (χ2n) is 7.48. The molecule has 0 aliphatic heterocycles. The third-order valence-electron chi connectivity index (χ3n) is 5.50. The number of furan rings is 1. The van der Waals surface area contributed by atoms with Crippen molar-refractivity contribution in [3.8, 4) is 22.8 Å². The quantitative estimate of drug-likeness (QED) is 0.396. The van der Waals surface area contributed by atoms with Crippen molar-refractivity contribution in [1.29, 1.82) is 0 Å². The van der Waals surface area contributed by atoms with Gasteiger partial charge < -0.3 is 29.8 Å². The Morgan fingerprint density at radius 2 is 1.65 bits per heavy atom. The first-order valence-electron chi connectivity index (χ1n) is 10.3. The molecule has 0 aliphatic carbocycles. The zero-order valence-corrected chi connectivity index (χ0v) is 17.6. The summed E-state index contributed by atoms with van der Waals surface area (Å²) in [6, 6.07) is 15.2.